The summed E-state index contributed by atoms with van der Waals surface area (Å²) in [5, 5.41) is 12.0. The molecule has 1 unspecified atom stereocenters. The molecule has 2 rings (SSSR count). The standard InChI is InChI=1S/C25H43IN6O5S/c1-15(16(2)24(36)30-18(23(27)35)11-10-17(33)13-26-28)7-5-6-12-29-21(34)9-4-3-8-20-22-19(14-38-20)31-25(37)32-22/h13,15-16,18-20,22H,3-12,14,28H2,1-2H3,(H2,27,35)(H,29,34)(H,30,36)(H2,31,32,37)/t15-,16?,18-,19+,20-,22+/m0/s1. The first-order valence-corrected chi connectivity index (χ1v) is 16.9. The van der Waals surface area contributed by atoms with Crippen molar-refractivity contribution in [1.29, 1.82) is 0 Å². The van der Waals surface area contributed by atoms with E-state index in [0.29, 0.717) is 18.2 Å². The van der Waals surface area contributed by atoms with Crippen molar-refractivity contribution in [2.75, 3.05) is 12.3 Å². The van der Waals surface area contributed by atoms with Gasteiger partial charge in [-0.2, -0.15) is 11.8 Å². The second-order valence-electron chi connectivity index (χ2n) is 10.2. The first kappa shape index (κ1) is 32.5. The highest BCUT2D eigenvalue weighted by molar-refractivity contribution is 14.2. The van der Waals surface area contributed by atoms with E-state index in [0.717, 1.165) is 44.3 Å². The topological polar surface area (TPSA) is 186 Å². The molecule has 0 aromatic heterocycles. The van der Waals surface area contributed by atoms with Crippen molar-refractivity contribution in [2.45, 2.75) is 95.0 Å². The van der Waals surface area contributed by atoms with Crippen LogP contribution in [0.25, 0.3) is 0 Å². The molecule has 0 aromatic carbocycles. The number of nitrogens with one attached hydrogen (secondary N) is 4. The molecule has 2 fully saturated rings. The van der Waals surface area contributed by atoms with Gasteiger partial charge in [-0.15, -0.1) is 0 Å². The van der Waals surface area contributed by atoms with Crippen LogP contribution in [0.4, 0.5) is 4.79 Å². The molecule has 5 amide bonds. The number of urea groups is 1. The Kier molecular flexibility index (Phi) is 14.6. The number of rotatable bonds is 18. The van der Waals surface area contributed by atoms with E-state index in [1.807, 2.05) is 25.6 Å². The molecule has 0 bridgehead atoms. The average Bonchev–Trinajstić information content (AvgIpc) is 3.42. The third-order valence-corrected chi connectivity index (χ3v) is 9.84. The van der Waals surface area contributed by atoms with Crippen LogP contribution < -0.4 is 30.9 Å². The highest BCUT2D eigenvalue weighted by Crippen LogP contribution is 2.33. The maximum Gasteiger partial charge on any atom is 0.315 e. The van der Waals surface area contributed by atoms with Gasteiger partial charge in [0.15, 0.2) is 5.78 Å². The molecule has 0 spiro atoms. The second-order valence-corrected chi connectivity index (χ2v) is 12.8. The molecule has 38 heavy (non-hydrogen) atoms. The molecule has 2 saturated heterocycles. The second kappa shape index (κ2) is 17.1. The lowest BCUT2D eigenvalue weighted by molar-refractivity contribution is -0.131. The molecular weight excluding hydrogens is 623 g/mol. The highest BCUT2D eigenvalue weighted by Gasteiger charge is 2.42. The maximum absolute atomic E-state index is 12.6. The number of carbonyl (C=O) groups is 5. The van der Waals surface area contributed by atoms with Crippen LogP contribution >= 0.6 is 32.8 Å². The Morgan fingerprint density at radius 3 is 2.58 bits per heavy atom. The van der Waals surface area contributed by atoms with Gasteiger partial charge in [0.2, 0.25) is 17.7 Å². The number of halogens is 1. The summed E-state index contributed by atoms with van der Waals surface area (Å²) in [5.74, 6) is -0.268. The Bertz CT molecular complexity index is 875. The Morgan fingerprint density at radius 1 is 1.11 bits per heavy atom. The molecule has 0 aliphatic carbocycles. The summed E-state index contributed by atoms with van der Waals surface area (Å²) in [6, 6.07) is -0.512. The van der Waals surface area contributed by atoms with Crippen molar-refractivity contribution in [1.82, 2.24) is 21.3 Å². The first-order valence-electron chi connectivity index (χ1n) is 13.4. The van der Waals surface area contributed by atoms with Crippen molar-refractivity contribution >= 4 is 66.3 Å². The van der Waals surface area contributed by atoms with E-state index >= 15 is 0 Å². The zero-order valence-electron chi connectivity index (χ0n) is 22.3. The molecular formula is C25H43IN6O5S. The van der Waals surface area contributed by atoms with Gasteiger partial charge in [-0.25, -0.2) is 4.79 Å². The fourth-order valence-electron chi connectivity index (χ4n) is 4.69. The number of amides is 5. The number of nitrogens with two attached hydrogens (primary N) is 2. The van der Waals surface area contributed by atoms with Gasteiger partial charge in [-0.05, 0) is 59.0 Å². The van der Waals surface area contributed by atoms with Gasteiger partial charge in [-0.3, -0.25) is 23.1 Å². The van der Waals surface area contributed by atoms with Crippen LogP contribution in [0.2, 0.25) is 0 Å². The number of primary amides is 1. The lowest BCUT2D eigenvalue weighted by Crippen LogP contribution is -2.47. The largest absolute Gasteiger partial charge is 0.368 e. The third-order valence-electron chi connectivity index (χ3n) is 7.28. The van der Waals surface area contributed by atoms with Gasteiger partial charge < -0.3 is 27.0 Å². The number of hydrogen-bond acceptors (Lipinski definition) is 7. The Labute approximate surface area is 239 Å². The number of hydrogen-bond donors (Lipinski definition) is 6. The van der Waals surface area contributed by atoms with Crippen LogP contribution in [-0.4, -0.2) is 69.2 Å². The molecule has 216 valence electrons. The van der Waals surface area contributed by atoms with Crippen molar-refractivity contribution in [3.8, 4) is 0 Å². The minimum absolute atomic E-state index is 0.0560. The summed E-state index contributed by atoms with van der Waals surface area (Å²) < 4.78 is 6.87. The van der Waals surface area contributed by atoms with Gasteiger partial charge >= 0.3 is 6.03 Å². The number of fused-ring (bicyclic) bond motifs is 1. The monoisotopic (exact) mass is 666 g/mol. The van der Waals surface area contributed by atoms with E-state index in [1.54, 1.807) is 0 Å². The van der Waals surface area contributed by atoms with Gasteiger partial charge in [0, 0.05) is 40.3 Å². The predicted molar refractivity (Wildman–Crippen MR) is 159 cm³/mol. The Balaban J connectivity index is 1.54. The van der Waals surface area contributed by atoms with Gasteiger partial charge in [0.05, 0.1) is 12.1 Å². The van der Waals surface area contributed by atoms with Gasteiger partial charge in [0.25, 0.3) is 0 Å². The van der Waals surface area contributed by atoms with Crippen LogP contribution in [0.5, 0.6) is 0 Å². The molecule has 2 aliphatic heterocycles. The molecule has 8 N–H and O–H groups in total. The lowest BCUT2D eigenvalue weighted by Gasteiger charge is -2.22. The van der Waals surface area contributed by atoms with Crippen LogP contribution in [0.3, 0.4) is 0 Å². The Morgan fingerprint density at radius 2 is 1.87 bits per heavy atom. The van der Waals surface area contributed by atoms with Crippen LogP contribution in [0.1, 0.15) is 71.6 Å². The van der Waals surface area contributed by atoms with Crippen molar-refractivity contribution in [3.05, 3.63) is 0 Å². The van der Waals surface area contributed by atoms with E-state index in [1.165, 1.54) is 4.01 Å². The van der Waals surface area contributed by atoms with E-state index in [9.17, 15) is 24.0 Å². The summed E-state index contributed by atoms with van der Waals surface area (Å²) in [5.41, 5.74) is 5.40. The van der Waals surface area contributed by atoms with Crippen LogP contribution in [0.15, 0.2) is 0 Å². The Hall–Kier alpha value is -1.74. The minimum atomic E-state index is -0.880. The smallest absolute Gasteiger partial charge is 0.315 e. The van der Waals surface area contributed by atoms with Crippen molar-refractivity contribution < 1.29 is 24.0 Å². The molecule has 13 heteroatoms. The van der Waals surface area contributed by atoms with E-state index in [2.05, 4.69) is 21.3 Å². The lowest BCUT2D eigenvalue weighted by atomic mass is 9.90. The fraction of sp³-hybridized carbons (Fsp3) is 0.760. The molecule has 11 nitrogen and oxygen atoms in total. The summed E-state index contributed by atoms with van der Waals surface area (Å²) in [6.07, 6.45) is 6.08. The zero-order chi connectivity index (χ0) is 28.1. The van der Waals surface area contributed by atoms with Crippen molar-refractivity contribution in [3.63, 3.8) is 0 Å². The molecule has 6 atom stereocenters. The van der Waals surface area contributed by atoms with E-state index in [4.69, 9.17) is 9.68 Å². The van der Waals surface area contributed by atoms with E-state index < -0.39 is 33.0 Å². The third kappa shape index (κ3) is 11.2. The van der Waals surface area contributed by atoms with Gasteiger partial charge in [-0.1, -0.05) is 26.7 Å². The number of Topliss-reactive ketones (excluding diaryl/α,β-unsaturated/α-hetero) is 1. The quantitative estimate of drug-likeness (QED) is 0.0550. The van der Waals surface area contributed by atoms with Crippen molar-refractivity contribution in [2.24, 2.45) is 21.5 Å². The number of carbonyl (C=O) groups excluding carboxylic acids is 5. The van der Waals surface area contributed by atoms with Crippen LogP contribution in [0, 0.1) is 11.8 Å². The molecule has 2 heterocycles. The summed E-state index contributed by atoms with van der Waals surface area (Å²) in [4.78, 5) is 59.6. The average molecular weight is 667 g/mol. The summed E-state index contributed by atoms with van der Waals surface area (Å²) in [6.45, 7) is 4.41. The van der Waals surface area contributed by atoms with E-state index in [-0.39, 0.29) is 60.4 Å². The summed E-state index contributed by atoms with van der Waals surface area (Å²) in [7, 11) is 0. The maximum atomic E-state index is 12.6. The SMILES string of the molecule is CC(C(=O)N[C@@H](CCC(=O)C=IN)C(N)=O)[C@@H](C)CCCCNC(=O)CCCC[C@@H]1SC[C@H]2NC(=O)N[C@@H]12. The molecule has 0 saturated carbocycles. The molecule has 0 radical (unpaired) electrons. The molecule has 0 aromatic rings. The minimum Gasteiger partial charge on any atom is -0.368 e. The van der Waals surface area contributed by atoms with Gasteiger partial charge in [0.1, 0.15) is 6.04 Å². The zero-order valence-corrected chi connectivity index (χ0v) is 25.3. The normalized spacial score (nSPS) is 22.9. The number of unbranched alkanes of at least 4 members (excludes halogenated alkanes) is 2. The predicted octanol–water partition coefficient (Wildman–Crippen LogP) is 1.24. The first-order chi connectivity index (χ1) is 18.1. The van der Waals surface area contributed by atoms with Crippen LogP contribution in [-0.2, 0) is 19.2 Å². The molecule has 2 aliphatic rings. The highest BCUT2D eigenvalue weighted by atomic mass is 127. The summed E-state index contributed by atoms with van der Waals surface area (Å²) >= 11 is 1.14. The fourth-order valence-corrected chi connectivity index (χ4v) is 6.95. The number of thioether (sulfide) groups is 1. The number of ketones is 1.